The van der Waals surface area contributed by atoms with Gasteiger partial charge in [0, 0.05) is 0 Å². The molecule has 0 saturated heterocycles. The number of benzene rings is 1. The Kier molecular flexibility index (Phi) is 7.78. The van der Waals surface area contributed by atoms with Gasteiger partial charge in [0.1, 0.15) is 15.6 Å². The first-order valence-corrected chi connectivity index (χ1v) is 10.1. The van der Waals surface area contributed by atoms with Crippen LogP contribution < -0.4 is 10.1 Å². The van der Waals surface area contributed by atoms with Gasteiger partial charge in [-0.1, -0.05) is 18.2 Å². The molecule has 0 aliphatic rings. The fraction of sp³-hybridized carbons (Fsp3) is 0.381. The van der Waals surface area contributed by atoms with Crippen LogP contribution in [0.25, 0.3) is 0 Å². The zero-order valence-corrected chi connectivity index (χ0v) is 18.0. The van der Waals surface area contributed by atoms with Gasteiger partial charge >= 0.3 is 11.9 Å². The molecule has 0 aliphatic heterocycles. The van der Waals surface area contributed by atoms with Crippen LogP contribution in [0.4, 0.5) is 5.00 Å². The lowest BCUT2D eigenvalue weighted by molar-refractivity contribution is -0.118. The van der Waals surface area contributed by atoms with Crippen molar-refractivity contribution in [3.63, 3.8) is 0 Å². The Morgan fingerprint density at radius 3 is 2.14 bits per heavy atom. The number of esters is 2. The molecule has 0 unspecified atom stereocenters. The number of anilines is 1. The summed E-state index contributed by atoms with van der Waals surface area (Å²) in [6.07, 6.45) is 0. The predicted octanol–water partition coefficient (Wildman–Crippen LogP) is 4.04. The summed E-state index contributed by atoms with van der Waals surface area (Å²) in [6, 6.07) is 5.70. The monoisotopic (exact) mass is 419 g/mol. The van der Waals surface area contributed by atoms with E-state index in [4.69, 9.17) is 14.2 Å². The first-order valence-electron chi connectivity index (χ1n) is 9.26. The average molecular weight is 419 g/mol. The molecule has 0 saturated carbocycles. The van der Waals surface area contributed by atoms with Crippen molar-refractivity contribution < 1.29 is 28.6 Å². The molecule has 0 aliphatic carbocycles. The highest BCUT2D eigenvalue weighted by molar-refractivity contribution is 7.18. The van der Waals surface area contributed by atoms with E-state index in [0.29, 0.717) is 11.3 Å². The SMILES string of the molecule is CCOC(=O)c1sc(NC(=O)COc2c(C)cccc2C)c(C(=O)OCC)c1C. The smallest absolute Gasteiger partial charge is 0.348 e. The number of carbonyl (C=O) groups is 3. The molecule has 1 N–H and O–H groups in total. The zero-order valence-electron chi connectivity index (χ0n) is 17.2. The predicted molar refractivity (Wildman–Crippen MR) is 111 cm³/mol. The van der Waals surface area contributed by atoms with E-state index < -0.39 is 17.8 Å². The number of hydrogen-bond acceptors (Lipinski definition) is 7. The normalized spacial score (nSPS) is 10.4. The molecule has 8 heteroatoms. The molecular formula is C21H25NO6S. The Morgan fingerprint density at radius 2 is 1.55 bits per heavy atom. The van der Waals surface area contributed by atoms with Crippen molar-refractivity contribution in [2.75, 3.05) is 25.1 Å². The molecule has 0 spiro atoms. The Labute approximate surface area is 174 Å². The molecule has 1 aromatic heterocycles. The van der Waals surface area contributed by atoms with Gasteiger partial charge in [0.2, 0.25) is 0 Å². The number of thiophene rings is 1. The first kappa shape index (κ1) is 22.4. The molecule has 1 aromatic carbocycles. The summed E-state index contributed by atoms with van der Waals surface area (Å²) in [5.74, 6) is -0.965. The summed E-state index contributed by atoms with van der Waals surface area (Å²) in [7, 11) is 0. The van der Waals surface area contributed by atoms with Gasteiger partial charge in [0.25, 0.3) is 5.91 Å². The van der Waals surface area contributed by atoms with Crippen LogP contribution in [-0.2, 0) is 14.3 Å². The fourth-order valence-corrected chi connectivity index (χ4v) is 3.87. The Morgan fingerprint density at radius 1 is 0.966 bits per heavy atom. The summed E-state index contributed by atoms with van der Waals surface area (Å²) in [6.45, 7) is 8.93. The summed E-state index contributed by atoms with van der Waals surface area (Å²) in [5, 5.41) is 2.90. The summed E-state index contributed by atoms with van der Waals surface area (Å²) in [4.78, 5) is 37.3. The second-order valence-corrected chi connectivity index (χ2v) is 7.28. The molecule has 29 heavy (non-hydrogen) atoms. The molecule has 2 aromatic rings. The summed E-state index contributed by atoms with van der Waals surface area (Å²) >= 11 is 0.982. The second-order valence-electron chi connectivity index (χ2n) is 6.26. The van der Waals surface area contributed by atoms with Gasteiger partial charge in [-0.25, -0.2) is 9.59 Å². The standard InChI is InChI=1S/C21H25NO6S/c1-6-26-20(24)16-14(5)18(21(25)27-7-2)29-19(16)22-15(23)11-28-17-12(3)9-8-10-13(17)4/h8-10H,6-7,11H2,1-5H3,(H,22,23). The second kappa shape index (κ2) is 10.1. The lowest BCUT2D eigenvalue weighted by Crippen LogP contribution is -2.21. The highest BCUT2D eigenvalue weighted by Crippen LogP contribution is 2.34. The number of nitrogens with one attached hydrogen (secondary N) is 1. The van der Waals surface area contributed by atoms with Crippen LogP contribution in [-0.4, -0.2) is 37.7 Å². The van der Waals surface area contributed by atoms with E-state index >= 15 is 0 Å². The molecule has 156 valence electrons. The fourth-order valence-electron chi connectivity index (χ4n) is 2.77. The van der Waals surface area contributed by atoms with Crippen LogP contribution in [0.15, 0.2) is 18.2 Å². The summed E-state index contributed by atoms with van der Waals surface area (Å²) in [5.41, 5.74) is 2.40. The van der Waals surface area contributed by atoms with Crippen molar-refractivity contribution in [3.05, 3.63) is 45.3 Å². The van der Waals surface area contributed by atoms with Crippen molar-refractivity contribution in [2.24, 2.45) is 0 Å². The van der Waals surface area contributed by atoms with Gasteiger partial charge in [-0.15, -0.1) is 11.3 Å². The lowest BCUT2D eigenvalue weighted by atomic mass is 10.1. The van der Waals surface area contributed by atoms with Gasteiger partial charge in [-0.3, -0.25) is 4.79 Å². The molecule has 1 heterocycles. The third-order valence-corrected chi connectivity index (χ3v) is 5.28. The van der Waals surface area contributed by atoms with Crippen molar-refractivity contribution in [3.8, 4) is 5.75 Å². The Balaban J connectivity index is 2.23. The molecule has 2 rings (SSSR count). The van der Waals surface area contributed by atoms with Gasteiger partial charge in [0.05, 0.1) is 18.8 Å². The zero-order chi connectivity index (χ0) is 21.6. The topological polar surface area (TPSA) is 90.9 Å². The minimum Gasteiger partial charge on any atom is -0.483 e. The maximum absolute atomic E-state index is 12.5. The number of hydrogen-bond donors (Lipinski definition) is 1. The van der Waals surface area contributed by atoms with Crippen LogP contribution >= 0.6 is 11.3 Å². The molecule has 0 radical (unpaired) electrons. The Bertz CT molecular complexity index is 898. The van der Waals surface area contributed by atoms with E-state index in [-0.39, 0.29) is 35.3 Å². The molecular weight excluding hydrogens is 394 g/mol. The van der Waals surface area contributed by atoms with E-state index in [1.54, 1.807) is 20.8 Å². The number of rotatable bonds is 8. The van der Waals surface area contributed by atoms with Gasteiger partial charge < -0.3 is 19.5 Å². The first-order chi connectivity index (χ1) is 13.8. The summed E-state index contributed by atoms with van der Waals surface area (Å²) < 4.78 is 15.8. The number of ether oxygens (including phenoxy) is 3. The lowest BCUT2D eigenvalue weighted by Gasteiger charge is -2.12. The maximum atomic E-state index is 12.5. The average Bonchev–Trinajstić information content (AvgIpc) is 2.97. The van der Waals surface area contributed by atoms with E-state index in [1.165, 1.54) is 0 Å². The molecule has 7 nitrogen and oxygen atoms in total. The number of amides is 1. The number of carbonyl (C=O) groups excluding carboxylic acids is 3. The van der Waals surface area contributed by atoms with Crippen molar-refractivity contribution in [1.82, 2.24) is 0 Å². The van der Waals surface area contributed by atoms with Gasteiger partial charge in [-0.05, 0) is 51.3 Å². The van der Waals surface area contributed by atoms with E-state index in [0.717, 1.165) is 22.5 Å². The van der Waals surface area contributed by atoms with E-state index in [1.807, 2.05) is 32.0 Å². The highest BCUT2D eigenvalue weighted by atomic mass is 32.1. The third kappa shape index (κ3) is 5.35. The van der Waals surface area contributed by atoms with E-state index in [9.17, 15) is 14.4 Å². The quantitative estimate of drug-likeness (QED) is 0.649. The van der Waals surface area contributed by atoms with E-state index in [2.05, 4.69) is 5.32 Å². The number of para-hydroxylation sites is 1. The van der Waals surface area contributed by atoms with Crippen LogP contribution in [0.2, 0.25) is 0 Å². The Hall–Kier alpha value is -2.87. The molecule has 0 fully saturated rings. The molecule has 0 atom stereocenters. The van der Waals surface area contributed by atoms with Gasteiger partial charge in [0.15, 0.2) is 6.61 Å². The van der Waals surface area contributed by atoms with Crippen LogP contribution in [0.5, 0.6) is 5.75 Å². The van der Waals surface area contributed by atoms with Crippen LogP contribution in [0.3, 0.4) is 0 Å². The minimum atomic E-state index is -0.609. The minimum absolute atomic E-state index is 0.153. The molecule has 0 bridgehead atoms. The highest BCUT2D eigenvalue weighted by Gasteiger charge is 2.27. The van der Waals surface area contributed by atoms with Crippen LogP contribution in [0.1, 0.15) is 50.6 Å². The van der Waals surface area contributed by atoms with Crippen molar-refractivity contribution >= 4 is 34.2 Å². The van der Waals surface area contributed by atoms with Gasteiger partial charge in [-0.2, -0.15) is 0 Å². The van der Waals surface area contributed by atoms with Crippen LogP contribution in [0, 0.1) is 20.8 Å². The third-order valence-electron chi connectivity index (χ3n) is 4.10. The maximum Gasteiger partial charge on any atom is 0.348 e. The van der Waals surface area contributed by atoms with Crippen molar-refractivity contribution in [1.29, 1.82) is 0 Å². The number of aryl methyl sites for hydroxylation is 2. The van der Waals surface area contributed by atoms with Crippen molar-refractivity contribution in [2.45, 2.75) is 34.6 Å². The molecule has 1 amide bonds. The largest absolute Gasteiger partial charge is 0.483 e.